The molecule has 0 heterocycles. The molecule has 52 valence electrons. The minimum Gasteiger partial charge on any atom is -0.375 e. The van der Waals surface area contributed by atoms with E-state index in [0.717, 1.165) is 0 Å². The Morgan fingerprint density at radius 1 is 1.33 bits per heavy atom. The van der Waals surface area contributed by atoms with Gasteiger partial charge in [0, 0.05) is 0 Å². The Bertz CT molecular complexity index is 106. The minimum absolute atomic E-state index is 0.0729. The monoisotopic (exact) mass is 148 g/mol. The molecule has 9 heavy (non-hydrogen) atoms. The van der Waals surface area contributed by atoms with Gasteiger partial charge < -0.3 is 11.5 Å². The van der Waals surface area contributed by atoms with Crippen LogP contribution in [-0.4, -0.2) is 11.1 Å². The van der Waals surface area contributed by atoms with Crippen molar-refractivity contribution in [3.8, 4) is 0 Å². The van der Waals surface area contributed by atoms with Gasteiger partial charge in [0.1, 0.15) is 0 Å². The highest BCUT2D eigenvalue weighted by molar-refractivity contribution is 7.80. The first kappa shape index (κ1) is 7.92. The predicted molar refractivity (Wildman–Crippen MR) is 38.1 cm³/mol. The minimum atomic E-state index is -0.223. The lowest BCUT2D eigenvalue weighted by Crippen LogP contribution is -2.52. The van der Waals surface area contributed by atoms with Crippen LogP contribution < -0.4 is 27.9 Å². The zero-order chi connectivity index (χ0) is 7.28. The standard InChI is InChI=1S/C2H8N6S/c3-1(4)6-8-7-2(5)9/h8H,(H4,3,4,6)(H3,5,7,9). The van der Waals surface area contributed by atoms with E-state index in [-0.39, 0.29) is 11.1 Å². The molecule has 0 aromatic carbocycles. The van der Waals surface area contributed by atoms with Gasteiger partial charge in [-0.3, -0.25) is 16.3 Å². The van der Waals surface area contributed by atoms with Gasteiger partial charge in [-0.2, -0.15) is 0 Å². The average Bonchev–Trinajstić information content (AvgIpc) is 1.63. The molecule has 6 nitrogen and oxygen atoms in total. The van der Waals surface area contributed by atoms with Crippen molar-refractivity contribution in [2.75, 3.05) is 0 Å². The van der Waals surface area contributed by atoms with Crippen LogP contribution in [0.15, 0.2) is 0 Å². The van der Waals surface area contributed by atoms with E-state index in [1.54, 1.807) is 0 Å². The third-order valence-electron chi connectivity index (χ3n) is 0.383. The van der Waals surface area contributed by atoms with Gasteiger partial charge >= 0.3 is 0 Å². The number of nitrogens with two attached hydrogens (primary N) is 2. The van der Waals surface area contributed by atoms with Crippen LogP contribution in [0.3, 0.4) is 0 Å². The molecule has 0 aromatic rings. The number of hydrogen-bond acceptors (Lipinski definition) is 3. The number of thiocarbonyl (C=S) groups is 1. The Balaban J connectivity index is 3.10. The van der Waals surface area contributed by atoms with E-state index in [1.807, 2.05) is 0 Å². The van der Waals surface area contributed by atoms with E-state index in [9.17, 15) is 0 Å². The maximum Gasteiger partial charge on any atom is 0.201 e. The van der Waals surface area contributed by atoms with Crippen molar-refractivity contribution in [2.24, 2.45) is 11.5 Å². The lowest BCUT2D eigenvalue weighted by molar-refractivity contribution is 0.611. The highest BCUT2D eigenvalue weighted by atomic mass is 32.1. The van der Waals surface area contributed by atoms with Crippen LogP contribution in [0.25, 0.3) is 0 Å². The summed E-state index contributed by atoms with van der Waals surface area (Å²) in [6, 6.07) is 0. The summed E-state index contributed by atoms with van der Waals surface area (Å²) in [4.78, 5) is 0. The first-order valence-corrected chi connectivity index (χ1v) is 2.44. The van der Waals surface area contributed by atoms with Crippen LogP contribution in [0.2, 0.25) is 0 Å². The van der Waals surface area contributed by atoms with Gasteiger partial charge in [-0.05, 0) is 12.2 Å². The van der Waals surface area contributed by atoms with E-state index in [1.165, 1.54) is 0 Å². The molecule has 0 radical (unpaired) electrons. The second kappa shape index (κ2) is 3.87. The molecule has 0 saturated carbocycles. The Kier molecular flexibility index (Phi) is 3.40. The van der Waals surface area contributed by atoms with Crippen molar-refractivity contribution in [3.63, 3.8) is 0 Å². The van der Waals surface area contributed by atoms with Crippen LogP contribution in [0.1, 0.15) is 0 Å². The molecule has 0 saturated heterocycles. The van der Waals surface area contributed by atoms with Crippen LogP contribution in [-0.2, 0) is 0 Å². The van der Waals surface area contributed by atoms with Crippen molar-refractivity contribution >= 4 is 23.3 Å². The van der Waals surface area contributed by atoms with Crippen LogP contribution in [0.5, 0.6) is 0 Å². The first-order valence-electron chi connectivity index (χ1n) is 2.03. The van der Waals surface area contributed by atoms with Gasteiger partial charge in [0.2, 0.25) is 5.96 Å². The summed E-state index contributed by atoms with van der Waals surface area (Å²) in [6.07, 6.45) is 0. The molecular weight excluding hydrogens is 140 g/mol. The predicted octanol–water partition coefficient (Wildman–Crippen LogP) is -2.28. The van der Waals surface area contributed by atoms with Crippen LogP contribution >= 0.6 is 12.2 Å². The molecule has 0 aromatic heterocycles. The summed E-state index contributed by atoms with van der Waals surface area (Å²) in [6.45, 7) is 0. The maximum atomic E-state index is 6.62. The lowest BCUT2D eigenvalue weighted by atomic mass is 11.1. The topological polar surface area (TPSA) is 112 Å². The molecule has 0 bridgehead atoms. The number of rotatable bonds is 2. The van der Waals surface area contributed by atoms with Gasteiger partial charge in [-0.15, -0.1) is 5.53 Å². The van der Waals surface area contributed by atoms with Crippen molar-refractivity contribution in [3.05, 3.63) is 0 Å². The quantitative estimate of drug-likeness (QED) is 0.114. The van der Waals surface area contributed by atoms with Crippen molar-refractivity contribution in [1.82, 2.24) is 16.4 Å². The average molecular weight is 148 g/mol. The van der Waals surface area contributed by atoms with Gasteiger partial charge in [-0.25, -0.2) is 0 Å². The normalized spacial score (nSPS) is 8.00. The fourth-order valence-corrected chi connectivity index (χ4v) is 0.211. The lowest BCUT2D eigenvalue weighted by Gasteiger charge is -2.05. The summed E-state index contributed by atoms with van der Waals surface area (Å²) < 4.78 is 0. The Labute approximate surface area is 57.4 Å². The van der Waals surface area contributed by atoms with Crippen molar-refractivity contribution in [2.45, 2.75) is 0 Å². The van der Waals surface area contributed by atoms with Gasteiger partial charge in [0.05, 0.1) is 0 Å². The maximum absolute atomic E-state index is 6.62. The van der Waals surface area contributed by atoms with Crippen molar-refractivity contribution < 1.29 is 0 Å². The Morgan fingerprint density at radius 2 is 1.89 bits per heavy atom. The number of hydrazine groups is 2. The van der Waals surface area contributed by atoms with Crippen LogP contribution in [0.4, 0.5) is 0 Å². The Hall–Kier alpha value is -1.08. The van der Waals surface area contributed by atoms with Gasteiger partial charge in [-0.1, -0.05) is 0 Å². The van der Waals surface area contributed by atoms with Gasteiger partial charge in [0.25, 0.3) is 0 Å². The highest BCUT2D eigenvalue weighted by Crippen LogP contribution is 1.46. The molecule has 0 aliphatic rings. The molecule has 0 aliphatic carbocycles. The van der Waals surface area contributed by atoms with E-state index in [2.05, 4.69) is 28.6 Å². The fraction of sp³-hybridized carbons (Fsp3) is 0. The molecule has 0 atom stereocenters. The summed E-state index contributed by atoms with van der Waals surface area (Å²) in [5.41, 5.74) is 16.6. The van der Waals surface area contributed by atoms with E-state index < -0.39 is 0 Å². The summed E-state index contributed by atoms with van der Waals surface area (Å²) in [7, 11) is 0. The summed E-state index contributed by atoms with van der Waals surface area (Å²) >= 11 is 4.40. The summed E-state index contributed by atoms with van der Waals surface area (Å²) in [5, 5.41) is 6.69. The van der Waals surface area contributed by atoms with E-state index >= 15 is 0 Å². The van der Waals surface area contributed by atoms with Gasteiger partial charge in [0.15, 0.2) is 5.11 Å². The second-order valence-electron chi connectivity index (χ2n) is 1.15. The van der Waals surface area contributed by atoms with Crippen LogP contribution in [0, 0.1) is 5.41 Å². The first-order chi connectivity index (χ1) is 4.13. The SMILES string of the molecule is N=C(N)NNNC(N)=S. The molecule has 0 spiro atoms. The molecular formula is C2H8N6S. The zero-order valence-corrected chi connectivity index (χ0v) is 5.38. The molecule has 0 fully saturated rings. The second-order valence-corrected chi connectivity index (χ2v) is 1.59. The largest absolute Gasteiger partial charge is 0.375 e. The number of nitrogens with one attached hydrogen (secondary N) is 4. The summed E-state index contributed by atoms with van der Waals surface area (Å²) in [5.74, 6) is -0.223. The third kappa shape index (κ3) is 6.92. The molecule has 0 unspecified atom stereocenters. The third-order valence-corrected chi connectivity index (χ3v) is 0.485. The molecule has 7 heteroatoms. The molecule has 8 N–H and O–H groups in total. The Morgan fingerprint density at radius 3 is 2.22 bits per heavy atom. The number of guanidine groups is 1. The highest BCUT2D eigenvalue weighted by Gasteiger charge is 1.83. The zero-order valence-electron chi connectivity index (χ0n) is 4.56. The van der Waals surface area contributed by atoms with E-state index in [4.69, 9.17) is 16.9 Å². The molecule has 0 amide bonds. The fourth-order valence-electron chi connectivity index (χ4n) is 0.160. The molecule has 0 aliphatic heterocycles. The van der Waals surface area contributed by atoms with Crippen molar-refractivity contribution in [1.29, 1.82) is 5.41 Å². The smallest absolute Gasteiger partial charge is 0.201 e. The molecule has 0 rings (SSSR count). The number of hydrogen-bond donors (Lipinski definition) is 6. The van der Waals surface area contributed by atoms with E-state index in [0.29, 0.717) is 0 Å².